The van der Waals surface area contributed by atoms with Crippen molar-refractivity contribution in [1.82, 2.24) is 10.3 Å². The number of ether oxygens (including phenoxy) is 1. The maximum absolute atomic E-state index is 11.7. The number of amides is 2. The van der Waals surface area contributed by atoms with Gasteiger partial charge in [0.1, 0.15) is 17.9 Å². The lowest BCUT2D eigenvalue weighted by molar-refractivity contribution is -0.139. The summed E-state index contributed by atoms with van der Waals surface area (Å²) in [6.45, 7) is 0. The van der Waals surface area contributed by atoms with Gasteiger partial charge in [-0.05, 0) is 68.3 Å². The SMILES string of the molecule is CNC(=O)c1ccc2cc(Oc3c(Br)cc(NC(=O)CC(=O)O)cc3Br)ccc2n1. The van der Waals surface area contributed by atoms with Crippen LogP contribution in [0.4, 0.5) is 5.69 Å². The quantitative estimate of drug-likeness (QED) is 0.404. The number of hydrogen-bond donors (Lipinski definition) is 3. The molecule has 0 saturated carbocycles. The monoisotopic (exact) mass is 535 g/mol. The van der Waals surface area contributed by atoms with Crippen LogP contribution in [0.5, 0.6) is 11.5 Å². The zero-order chi connectivity index (χ0) is 21.8. The Hall–Kier alpha value is -2.98. The van der Waals surface area contributed by atoms with Crippen LogP contribution in [0.1, 0.15) is 16.9 Å². The number of halogens is 2. The number of aliphatic carboxylic acids is 1. The summed E-state index contributed by atoms with van der Waals surface area (Å²) in [5.74, 6) is -1.09. The van der Waals surface area contributed by atoms with Crippen molar-refractivity contribution in [3.63, 3.8) is 0 Å². The molecular weight excluding hydrogens is 522 g/mol. The minimum atomic E-state index is -1.21. The number of nitrogens with zero attached hydrogens (tertiary/aromatic N) is 1. The van der Waals surface area contributed by atoms with Gasteiger partial charge in [0.25, 0.3) is 5.91 Å². The highest BCUT2D eigenvalue weighted by molar-refractivity contribution is 9.11. The van der Waals surface area contributed by atoms with E-state index in [0.29, 0.717) is 37.3 Å². The molecule has 3 aromatic rings. The van der Waals surface area contributed by atoms with Crippen molar-refractivity contribution in [2.24, 2.45) is 0 Å². The summed E-state index contributed by atoms with van der Waals surface area (Å²) in [4.78, 5) is 38.3. The molecule has 3 N–H and O–H groups in total. The maximum Gasteiger partial charge on any atom is 0.312 e. The number of hydrogen-bond acceptors (Lipinski definition) is 5. The smallest absolute Gasteiger partial charge is 0.312 e. The molecule has 0 fully saturated rings. The van der Waals surface area contributed by atoms with Crippen LogP contribution in [0.15, 0.2) is 51.4 Å². The number of carbonyl (C=O) groups excluding carboxylic acids is 2. The topological polar surface area (TPSA) is 118 Å². The van der Waals surface area contributed by atoms with Crippen LogP contribution in [0, 0.1) is 0 Å². The van der Waals surface area contributed by atoms with Gasteiger partial charge in [0.05, 0.1) is 14.5 Å². The molecule has 0 unspecified atom stereocenters. The molecule has 0 aliphatic rings. The van der Waals surface area contributed by atoms with E-state index in [1.54, 1.807) is 49.5 Å². The molecule has 0 bridgehead atoms. The molecule has 2 amide bonds. The van der Waals surface area contributed by atoms with Gasteiger partial charge in [-0.3, -0.25) is 14.4 Å². The highest BCUT2D eigenvalue weighted by Gasteiger charge is 2.14. The van der Waals surface area contributed by atoms with E-state index in [4.69, 9.17) is 9.84 Å². The average molecular weight is 537 g/mol. The summed E-state index contributed by atoms with van der Waals surface area (Å²) >= 11 is 6.80. The van der Waals surface area contributed by atoms with E-state index >= 15 is 0 Å². The maximum atomic E-state index is 11.7. The second-order valence-electron chi connectivity index (χ2n) is 6.12. The van der Waals surface area contributed by atoms with E-state index in [1.165, 1.54) is 0 Å². The van der Waals surface area contributed by atoms with Crippen molar-refractivity contribution < 1.29 is 24.2 Å². The van der Waals surface area contributed by atoms with E-state index in [0.717, 1.165) is 5.39 Å². The standard InChI is InChI=1S/C20H15Br2N3O5/c1-23-20(29)16-4-2-10-6-12(3-5-15(10)25-16)30-19-13(21)7-11(8-14(19)22)24-17(26)9-18(27)28/h2-8H,9H2,1H3,(H,23,29)(H,24,26)(H,27,28). The molecule has 2 aromatic carbocycles. The number of carbonyl (C=O) groups is 3. The highest BCUT2D eigenvalue weighted by atomic mass is 79.9. The third-order valence-electron chi connectivity index (χ3n) is 3.93. The number of aromatic nitrogens is 1. The molecule has 3 rings (SSSR count). The van der Waals surface area contributed by atoms with Crippen LogP contribution >= 0.6 is 31.9 Å². The molecule has 0 aliphatic carbocycles. The minimum absolute atomic E-state index is 0.263. The van der Waals surface area contributed by atoms with E-state index < -0.39 is 18.3 Å². The number of carboxylic acid groups (broad SMARTS) is 1. The number of pyridine rings is 1. The Balaban J connectivity index is 1.83. The van der Waals surface area contributed by atoms with Crippen LogP contribution in [-0.2, 0) is 9.59 Å². The van der Waals surface area contributed by atoms with Crippen molar-refractivity contribution in [3.8, 4) is 11.5 Å². The first-order valence-electron chi connectivity index (χ1n) is 8.58. The highest BCUT2D eigenvalue weighted by Crippen LogP contribution is 2.39. The van der Waals surface area contributed by atoms with E-state index in [2.05, 4.69) is 47.5 Å². The largest absolute Gasteiger partial charge is 0.481 e. The zero-order valence-corrected chi connectivity index (χ0v) is 18.7. The van der Waals surface area contributed by atoms with Gasteiger partial charge in [-0.25, -0.2) is 4.98 Å². The van der Waals surface area contributed by atoms with Crippen molar-refractivity contribution in [3.05, 3.63) is 57.1 Å². The van der Waals surface area contributed by atoms with Crippen LogP contribution in [0.3, 0.4) is 0 Å². The number of fused-ring (bicyclic) bond motifs is 1. The summed E-state index contributed by atoms with van der Waals surface area (Å²) < 4.78 is 7.07. The fraction of sp³-hybridized carbons (Fsp3) is 0.100. The molecular formula is C20H15Br2N3O5. The summed E-state index contributed by atoms with van der Waals surface area (Å²) in [7, 11) is 1.55. The third-order valence-corrected chi connectivity index (χ3v) is 5.11. The summed E-state index contributed by atoms with van der Waals surface area (Å²) in [6.07, 6.45) is -0.625. The molecule has 1 aromatic heterocycles. The lowest BCUT2D eigenvalue weighted by atomic mass is 10.2. The van der Waals surface area contributed by atoms with Gasteiger partial charge in [-0.1, -0.05) is 6.07 Å². The van der Waals surface area contributed by atoms with Crippen molar-refractivity contribution in [2.45, 2.75) is 6.42 Å². The van der Waals surface area contributed by atoms with E-state index in [-0.39, 0.29) is 5.91 Å². The Morgan fingerprint density at radius 1 is 1.07 bits per heavy atom. The van der Waals surface area contributed by atoms with Gasteiger partial charge in [0.15, 0.2) is 5.75 Å². The summed E-state index contributed by atoms with van der Waals surface area (Å²) in [5.41, 5.74) is 1.39. The van der Waals surface area contributed by atoms with Gasteiger partial charge < -0.3 is 20.5 Å². The normalized spacial score (nSPS) is 10.5. The van der Waals surface area contributed by atoms with Gasteiger partial charge >= 0.3 is 5.97 Å². The summed E-state index contributed by atoms with van der Waals surface area (Å²) in [6, 6.07) is 11.9. The number of benzene rings is 2. The number of carboxylic acids is 1. The van der Waals surface area contributed by atoms with Gasteiger partial charge in [0, 0.05) is 18.1 Å². The molecule has 0 saturated heterocycles. The van der Waals surface area contributed by atoms with Crippen LogP contribution in [0.2, 0.25) is 0 Å². The fourth-order valence-electron chi connectivity index (χ4n) is 2.61. The Labute approximate surface area is 187 Å². The third kappa shape index (κ3) is 5.14. The first-order chi connectivity index (χ1) is 14.3. The number of rotatable bonds is 6. The van der Waals surface area contributed by atoms with Crippen LogP contribution < -0.4 is 15.4 Å². The molecule has 0 radical (unpaired) electrons. The van der Waals surface area contributed by atoms with Gasteiger partial charge in [-0.2, -0.15) is 0 Å². The molecule has 0 aliphatic heterocycles. The molecule has 0 atom stereocenters. The van der Waals surface area contributed by atoms with Crippen LogP contribution in [0.25, 0.3) is 10.9 Å². The molecule has 30 heavy (non-hydrogen) atoms. The Bertz CT molecular complexity index is 1140. The molecule has 10 heteroatoms. The number of anilines is 1. The average Bonchev–Trinajstić information content (AvgIpc) is 2.69. The molecule has 1 heterocycles. The second kappa shape index (κ2) is 9.23. The second-order valence-corrected chi connectivity index (χ2v) is 7.83. The molecule has 8 nitrogen and oxygen atoms in total. The van der Waals surface area contributed by atoms with Crippen LogP contribution in [-0.4, -0.2) is 34.9 Å². The van der Waals surface area contributed by atoms with Crippen molar-refractivity contribution in [2.75, 3.05) is 12.4 Å². The van der Waals surface area contributed by atoms with E-state index in [9.17, 15) is 14.4 Å². The zero-order valence-electron chi connectivity index (χ0n) is 15.5. The predicted octanol–water partition coefficient (Wildman–Crippen LogP) is 4.32. The number of nitrogens with one attached hydrogen (secondary N) is 2. The van der Waals surface area contributed by atoms with Crippen molar-refractivity contribution >= 4 is 66.2 Å². The molecule has 0 spiro atoms. The first-order valence-corrected chi connectivity index (χ1v) is 10.2. The lowest BCUT2D eigenvalue weighted by Crippen LogP contribution is -2.18. The van der Waals surface area contributed by atoms with Crippen molar-refractivity contribution in [1.29, 1.82) is 0 Å². The Morgan fingerprint density at radius 2 is 1.77 bits per heavy atom. The Morgan fingerprint density at radius 3 is 2.40 bits per heavy atom. The van der Waals surface area contributed by atoms with E-state index in [1.807, 2.05) is 0 Å². The predicted molar refractivity (Wildman–Crippen MR) is 118 cm³/mol. The Kier molecular flexibility index (Phi) is 6.68. The molecule has 154 valence electrons. The van der Waals surface area contributed by atoms with Gasteiger partial charge in [-0.15, -0.1) is 0 Å². The fourth-order valence-corrected chi connectivity index (χ4v) is 3.96. The first kappa shape index (κ1) is 21.7. The summed E-state index contributed by atoms with van der Waals surface area (Å²) in [5, 5.41) is 14.5. The lowest BCUT2D eigenvalue weighted by Gasteiger charge is -2.13. The van der Waals surface area contributed by atoms with Gasteiger partial charge in [0.2, 0.25) is 5.91 Å². The minimum Gasteiger partial charge on any atom is -0.481 e.